The molecule has 20 heavy (non-hydrogen) atoms. The van der Waals surface area contributed by atoms with Crippen LogP contribution in [0.25, 0.3) is 10.9 Å². The van der Waals surface area contributed by atoms with E-state index in [2.05, 4.69) is 59.4 Å². The van der Waals surface area contributed by atoms with Crippen LogP contribution in [0.3, 0.4) is 0 Å². The van der Waals surface area contributed by atoms with Crippen molar-refractivity contribution in [1.82, 2.24) is 15.2 Å². The average molecular weight is 269 g/mol. The Morgan fingerprint density at radius 1 is 1.15 bits per heavy atom. The minimum absolute atomic E-state index is 0.139. The maximum Gasteiger partial charge on any atom is 0.0704 e. The second-order valence-corrected chi connectivity index (χ2v) is 6.29. The molecule has 0 aliphatic carbocycles. The number of aromatic nitrogens is 1. The van der Waals surface area contributed by atoms with Crippen molar-refractivity contribution in [2.45, 2.75) is 19.3 Å². The van der Waals surface area contributed by atoms with E-state index in [1.807, 2.05) is 6.20 Å². The first-order chi connectivity index (χ1) is 9.67. The lowest BCUT2D eigenvalue weighted by Gasteiger charge is -2.36. The van der Waals surface area contributed by atoms with Crippen molar-refractivity contribution >= 4 is 10.9 Å². The van der Waals surface area contributed by atoms with E-state index < -0.39 is 0 Å². The third-order valence-corrected chi connectivity index (χ3v) is 4.21. The average Bonchev–Trinajstić information content (AvgIpc) is 2.47. The summed E-state index contributed by atoms with van der Waals surface area (Å²) >= 11 is 0. The number of hydrogen-bond acceptors (Lipinski definition) is 3. The summed E-state index contributed by atoms with van der Waals surface area (Å²) in [7, 11) is 0. The number of hydrogen-bond donors (Lipinski definition) is 1. The highest BCUT2D eigenvalue weighted by atomic mass is 15.2. The molecule has 0 atom stereocenters. The number of benzene rings is 1. The fraction of sp³-hybridized carbons (Fsp3) is 0.471. The molecule has 2 aromatic rings. The molecule has 0 unspecified atom stereocenters. The van der Waals surface area contributed by atoms with E-state index in [1.165, 1.54) is 10.9 Å². The normalized spacial score (nSPS) is 17.5. The van der Waals surface area contributed by atoms with E-state index in [-0.39, 0.29) is 5.41 Å². The molecule has 3 heteroatoms. The van der Waals surface area contributed by atoms with Crippen molar-refractivity contribution in [2.24, 2.45) is 0 Å². The first-order valence-electron chi connectivity index (χ1n) is 7.44. The molecule has 1 aliphatic heterocycles. The van der Waals surface area contributed by atoms with Crippen molar-refractivity contribution in [3.63, 3.8) is 0 Å². The van der Waals surface area contributed by atoms with Gasteiger partial charge in [0.05, 0.1) is 5.52 Å². The van der Waals surface area contributed by atoms with Crippen LogP contribution >= 0.6 is 0 Å². The number of para-hydroxylation sites is 1. The van der Waals surface area contributed by atoms with Crippen molar-refractivity contribution < 1.29 is 0 Å². The van der Waals surface area contributed by atoms with E-state index >= 15 is 0 Å². The Morgan fingerprint density at radius 2 is 1.90 bits per heavy atom. The van der Waals surface area contributed by atoms with E-state index in [9.17, 15) is 0 Å². The van der Waals surface area contributed by atoms with Gasteiger partial charge in [-0.05, 0) is 17.7 Å². The van der Waals surface area contributed by atoms with Gasteiger partial charge in [0, 0.05) is 49.7 Å². The Balaban J connectivity index is 1.91. The van der Waals surface area contributed by atoms with Gasteiger partial charge in [-0.3, -0.25) is 9.88 Å². The van der Waals surface area contributed by atoms with Gasteiger partial charge in [-0.25, -0.2) is 0 Å². The Morgan fingerprint density at radius 3 is 2.70 bits per heavy atom. The third-order valence-electron chi connectivity index (χ3n) is 4.21. The van der Waals surface area contributed by atoms with Gasteiger partial charge in [0.2, 0.25) is 0 Å². The predicted octanol–water partition coefficient (Wildman–Crippen LogP) is 2.42. The minimum atomic E-state index is 0.139. The number of pyridine rings is 1. The van der Waals surface area contributed by atoms with Gasteiger partial charge in [0.1, 0.15) is 0 Å². The molecule has 0 spiro atoms. The number of rotatable bonds is 3. The highest BCUT2D eigenvalue weighted by molar-refractivity contribution is 5.82. The topological polar surface area (TPSA) is 28.2 Å². The molecule has 1 aliphatic rings. The summed E-state index contributed by atoms with van der Waals surface area (Å²) in [5.74, 6) is 0. The molecule has 3 rings (SSSR count). The molecule has 1 saturated heterocycles. The van der Waals surface area contributed by atoms with Crippen LogP contribution in [0.1, 0.15) is 19.4 Å². The van der Waals surface area contributed by atoms with Gasteiger partial charge in [-0.15, -0.1) is 0 Å². The first-order valence-corrected chi connectivity index (χ1v) is 7.44. The number of fused-ring (bicyclic) bond motifs is 1. The Bertz CT molecular complexity index is 580. The molecule has 2 heterocycles. The largest absolute Gasteiger partial charge is 0.314 e. The van der Waals surface area contributed by atoms with Crippen molar-refractivity contribution in [1.29, 1.82) is 0 Å². The maximum absolute atomic E-state index is 4.48. The van der Waals surface area contributed by atoms with Crippen LogP contribution in [0.4, 0.5) is 0 Å². The Kier molecular flexibility index (Phi) is 3.72. The van der Waals surface area contributed by atoms with Crippen LogP contribution in [-0.4, -0.2) is 42.6 Å². The van der Waals surface area contributed by atoms with Gasteiger partial charge >= 0.3 is 0 Å². The Hall–Kier alpha value is -1.45. The standard InChI is InChI=1S/C17H23N3/c1-17(2,13-20-11-9-18-10-12-20)15-7-8-19-16-6-4-3-5-14(15)16/h3-8,18H,9-13H2,1-2H3. The molecule has 0 radical (unpaired) electrons. The zero-order valence-electron chi connectivity index (χ0n) is 12.4. The quantitative estimate of drug-likeness (QED) is 0.927. The zero-order chi connectivity index (χ0) is 14.0. The van der Waals surface area contributed by atoms with E-state index in [4.69, 9.17) is 0 Å². The van der Waals surface area contributed by atoms with Gasteiger partial charge in [0.15, 0.2) is 0 Å². The molecular weight excluding hydrogens is 246 g/mol. The lowest BCUT2D eigenvalue weighted by Crippen LogP contribution is -2.48. The molecule has 0 bridgehead atoms. The SMILES string of the molecule is CC(C)(CN1CCNCC1)c1ccnc2ccccc12. The van der Waals surface area contributed by atoms with Gasteiger partial charge < -0.3 is 5.32 Å². The lowest BCUT2D eigenvalue weighted by atomic mass is 9.82. The van der Waals surface area contributed by atoms with Gasteiger partial charge in [0.25, 0.3) is 0 Å². The van der Waals surface area contributed by atoms with E-state index in [0.29, 0.717) is 0 Å². The molecule has 106 valence electrons. The predicted molar refractivity (Wildman–Crippen MR) is 84.1 cm³/mol. The molecular formula is C17H23N3. The van der Waals surface area contributed by atoms with Crippen molar-refractivity contribution in [3.8, 4) is 0 Å². The number of piperazine rings is 1. The molecule has 1 aromatic heterocycles. The summed E-state index contributed by atoms with van der Waals surface area (Å²) in [5.41, 5.74) is 2.64. The smallest absolute Gasteiger partial charge is 0.0704 e. The maximum atomic E-state index is 4.48. The number of nitrogens with zero attached hydrogens (tertiary/aromatic N) is 2. The Labute approximate surface area is 121 Å². The molecule has 1 fully saturated rings. The van der Waals surface area contributed by atoms with Crippen molar-refractivity contribution in [3.05, 3.63) is 42.1 Å². The summed E-state index contributed by atoms with van der Waals surface area (Å²) in [5, 5.41) is 4.71. The first kappa shape index (κ1) is 13.5. The van der Waals surface area contributed by atoms with Crippen molar-refractivity contribution in [2.75, 3.05) is 32.7 Å². The molecule has 3 nitrogen and oxygen atoms in total. The lowest BCUT2D eigenvalue weighted by molar-refractivity contribution is 0.200. The van der Waals surface area contributed by atoms with Crippen LogP contribution in [0.2, 0.25) is 0 Å². The van der Waals surface area contributed by atoms with Crippen LogP contribution in [-0.2, 0) is 5.41 Å². The van der Waals surface area contributed by atoms with E-state index in [1.54, 1.807) is 0 Å². The van der Waals surface area contributed by atoms with E-state index in [0.717, 1.165) is 38.2 Å². The fourth-order valence-electron chi connectivity index (χ4n) is 3.20. The zero-order valence-corrected chi connectivity index (χ0v) is 12.4. The summed E-state index contributed by atoms with van der Waals surface area (Å²) < 4.78 is 0. The fourth-order valence-corrected chi connectivity index (χ4v) is 3.20. The van der Waals surface area contributed by atoms with Crippen LogP contribution in [0, 0.1) is 0 Å². The molecule has 0 saturated carbocycles. The van der Waals surface area contributed by atoms with Gasteiger partial charge in [-0.1, -0.05) is 32.0 Å². The second-order valence-electron chi connectivity index (χ2n) is 6.29. The summed E-state index contributed by atoms with van der Waals surface area (Å²) in [6, 6.07) is 10.6. The highest BCUT2D eigenvalue weighted by Gasteiger charge is 2.26. The molecule has 1 N–H and O–H groups in total. The summed E-state index contributed by atoms with van der Waals surface area (Å²) in [4.78, 5) is 7.04. The third kappa shape index (κ3) is 2.69. The van der Waals surface area contributed by atoms with Crippen LogP contribution in [0.15, 0.2) is 36.5 Å². The number of nitrogens with one attached hydrogen (secondary N) is 1. The van der Waals surface area contributed by atoms with Crippen LogP contribution in [0.5, 0.6) is 0 Å². The second kappa shape index (κ2) is 5.51. The summed E-state index contributed by atoms with van der Waals surface area (Å²) in [6.45, 7) is 10.3. The minimum Gasteiger partial charge on any atom is -0.314 e. The molecule has 0 amide bonds. The highest BCUT2D eigenvalue weighted by Crippen LogP contribution is 2.30. The van der Waals surface area contributed by atoms with Gasteiger partial charge in [-0.2, -0.15) is 0 Å². The summed E-state index contributed by atoms with van der Waals surface area (Å²) in [6.07, 6.45) is 1.94. The van der Waals surface area contributed by atoms with Crippen LogP contribution < -0.4 is 5.32 Å². The monoisotopic (exact) mass is 269 g/mol. The molecule has 1 aromatic carbocycles.